The molecule has 0 unspecified atom stereocenters. The number of ether oxygens (including phenoxy) is 1. The quantitative estimate of drug-likeness (QED) is 0.730. The van der Waals surface area contributed by atoms with Crippen LogP contribution < -0.4 is 9.62 Å². The molecule has 0 bridgehead atoms. The van der Waals surface area contributed by atoms with Crippen LogP contribution in [0.3, 0.4) is 0 Å². The molecule has 0 spiro atoms. The number of anilines is 1. The van der Waals surface area contributed by atoms with Crippen molar-refractivity contribution >= 4 is 39.2 Å². The van der Waals surface area contributed by atoms with Crippen molar-refractivity contribution in [1.82, 2.24) is 5.32 Å². The minimum absolute atomic E-state index is 0.0123. The van der Waals surface area contributed by atoms with Gasteiger partial charge in [0.25, 0.3) is 0 Å². The molecule has 0 fully saturated rings. The van der Waals surface area contributed by atoms with Crippen molar-refractivity contribution in [3.05, 3.63) is 28.8 Å². The Morgan fingerprint density at radius 1 is 1.33 bits per heavy atom. The number of hydrogen-bond acceptors (Lipinski definition) is 5. The lowest BCUT2D eigenvalue weighted by atomic mass is 10.2. The molecule has 1 aromatic carbocycles. The molecule has 1 amide bonds. The van der Waals surface area contributed by atoms with Crippen molar-refractivity contribution < 1.29 is 22.7 Å². The van der Waals surface area contributed by atoms with Crippen molar-refractivity contribution in [2.45, 2.75) is 13.8 Å². The van der Waals surface area contributed by atoms with E-state index in [0.717, 1.165) is 10.6 Å². The zero-order chi connectivity index (χ0) is 18.5. The normalized spacial score (nSPS) is 11.2. The fraction of sp³-hybridized carbons (Fsp3) is 0.467. The molecule has 0 saturated carbocycles. The number of carbonyl (C=O) groups is 2. The van der Waals surface area contributed by atoms with Gasteiger partial charge in [0.15, 0.2) is 0 Å². The Morgan fingerprint density at radius 3 is 2.46 bits per heavy atom. The van der Waals surface area contributed by atoms with Crippen LogP contribution in [0.15, 0.2) is 18.2 Å². The number of methoxy groups -OCH3 is 1. The molecule has 0 radical (unpaired) electrons. The van der Waals surface area contributed by atoms with E-state index in [-0.39, 0.29) is 41.2 Å². The van der Waals surface area contributed by atoms with E-state index < -0.39 is 16.0 Å². The summed E-state index contributed by atoms with van der Waals surface area (Å²) in [6.45, 7) is 3.57. The fourth-order valence-corrected chi connectivity index (χ4v) is 3.10. The van der Waals surface area contributed by atoms with E-state index in [1.807, 2.05) is 0 Å². The number of rotatable bonds is 7. The van der Waals surface area contributed by atoms with E-state index in [2.05, 4.69) is 10.1 Å². The number of esters is 1. The van der Waals surface area contributed by atoms with Crippen LogP contribution in [0.5, 0.6) is 0 Å². The number of nitrogens with zero attached hydrogens (tertiary/aromatic N) is 1. The number of sulfonamides is 1. The van der Waals surface area contributed by atoms with Gasteiger partial charge in [0.05, 0.1) is 36.2 Å². The van der Waals surface area contributed by atoms with Crippen LogP contribution in [-0.2, 0) is 19.6 Å². The lowest BCUT2D eigenvalue weighted by Crippen LogP contribution is -2.39. The van der Waals surface area contributed by atoms with Gasteiger partial charge in [-0.2, -0.15) is 0 Å². The Kier molecular flexibility index (Phi) is 7.04. The highest BCUT2D eigenvalue weighted by Crippen LogP contribution is 2.29. The summed E-state index contributed by atoms with van der Waals surface area (Å²) in [5.74, 6) is -0.990. The van der Waals surface area contributed by atoms with Crippen LogP contribution in [-0.4, -0.2) is 46.7 Å². The third-order valence-corrected chi connectivity index (χ3v) is 4.67. The van der Waals surface area contributed by atoms with Crippen LogP contribution in [0.25, 0.3) is 0 Å². The Morgan fingerprint density at radius 2 is 1.96 bits per heavy atom. The molecule has 0 heterocycles. The van der Waals surface area contributed by atoms with E-state index in [0.29, 0.717) is 0 Å². The minimum Gasteiger partial charge on any atom is -0.465 e. The molecule has 0 aliphatic carbocycles. The van der Waals surface area contributed by atoms with Crippen LogP contribution in [0.1, 0.15) is 24.2 Å². The molecular weight excluding hydrogens is 356 g/mol. The maximum Gasteiger partial charge on any atom is 0.337 e. The molecule has 9 heteroatoms. The number of benzene rings is 1. The van der Waals surface area contributed by atoms with Crippen molar-refractivity contribution in [3.63, 3.8) is 0 Å². The molecule has 0 aliphatic heterocycles. The van der Waals surface area contributed by atoms with Crippen molar-refractivity contribution in [2.75, 3.05) is 30.8 Å². The molecular formula is C15H21ClN2O5S. The number of halogens is 1. The number of hydrogen-bond donors (Lipinski definition) is 1. The number of carbonyl (C=O) groups excluding carboxylic acids is 2. The first-order valence-electron chi connectivity index (χ1n) is 7.21. The smallest absolute Gasteiger partial charge is 0.337 e. The lowest BCUT2D eigenvalue weighted by molar-refractivity contribution is -0.123. The van der Waals surface area contributed by atoms with Crippen LogP contribution in [0.4, 0.5) is 5.69 Å². The molecule has 134 valence electrons. The summed E-state index contributed by atoms with van der Waals surface area (Å²) in [7, 11) is -2.43. The standard InChI is InChI=1S/C15H21ClN2O5S/c1-10(2)14(19)17-7-8-18(24(4,21)22)13-9-11(15(20)23-3)5-6-12(13)16/h5-6,9-10H,7-8H2,1-4H3,(H,17,19). The molecule has 0 saturated heterocycles. The van der Waals surface area contributed by atoms with Gasteiger partial charge in [-0.1, -0.05) is 25.4 Å². The van der Waals surface area contributed by atoms with E-state index in [1.165, 1.54) is 25.3 Å². The molecule has 0 aromatic heterocycles. The molecule has 1 aromatic rings. The SMILES string of the molecule is COC(=O)c1ccc(Cl)c(N(CCNC(=O)C(C)C)S(C)(=O)=O)c1. The second-order valence-electron chi connectivity index (χ2n) is 5.44. The zero-order valence-electron chi connectivity index (χ0n) is 14.0. The van der Waals surface area contributed by atoms with Crippen LogP contribution >= 0.6 is 11.6 Å². The van der Waals surface area contributed by atoms with Gasteiger partial charge in [0.2, 0.25) is 15.9 Å². The summed E-state index contributed by atoms with van der Waals surface area (Å²) in [5, 5.41) is 2.81. The second-order valence-corrected chi connectivity index (χ2v) is 7.75. The first-order chi connectivity index (χ1) is 11.1. The summed E-state index contributed by atoms with van der Waals surface area (Å²) in [4.78, 5) is 23.2. The first-order valence-corrected chi connectivity index (χ1v) is 9.43. The third-order valence-electron chi connectivity index (χ3n) is 3.17. The van der Waals surface area contributed by atoms with Gasteiger partial charge in [-0.15, -0.1) is 0 Å². The monoisotopic (exact) mass is 376 g/mol. The topological polar surface area (TPSA) is 92.8 Å². The molecule has 7 nitrogen and oxygen atoms in total. The molecule has 0 atom stereocenters. The van der Waals surface area contributed by atoms with Gasteiger partial charge in [-0.25, -0.2) is 13.2 Å². The highest BCUT2D eigenvalue weighted by atomic mass is 35.5. The highest BCUT2D eigenvalue weighted by Gasteiger charge is 2.22. The van der Waals surface area contributed by atoms with E-state index >= 15 is 0 Å². The maximum absolute atomic E-state index is 12.1. The Labute approximate surface area is 147 Å². The highest BCUT2D eigenvalue weighted by molar-refractivity contribution is 7.92. The summed E-state index contributed by atoms with van der Waals surface area (Å²) in [6.07, 6.45) is 1.03. The van der Waals surface area contributed by atoms with Crippen LogP contribution in [0, 0.1) is 5.92 Å². The van der Waals surface area contributed by atoms with Gasteiger partial charge in [-0.3, -0.25) is 9.10 Å². The summed E-state index contributed by atoms with van der Waals surface area (Å²) < 4.78 is 29.8. The maximum atomic E-state index is 12.1. The van der Waals surface area contributed by atoms with Crippen molar-refractivity contribution in [3.8, 4) is 0 Å². The van der Waals surface area contributed by atoms with E-state index in [1.54, 1.807) is 13.8 Å². The second kappa shape index (κ2) is 8.34. The third kappa shape index (κ3) is 5.38. The Balaban J connectivity index is 3.09. The largest absolute Gasteiger partial charge is 0.465 e. The average molecular weight is 377 g/mol. The zero-order valence-corrected chi connectivity index (χ0v) is 15.6. The van der Waals surface area contributed by atoms with Crippen LogP contribution in [0.2, 0.25) is 5.02 Å². The van der Waals surface area contributed by atoms with E-state index in [4.69, 9.17) is 11.6 Å². The summed E-state index contributed by atoms with van der Waals surface area (Å²) in [6, 6.07) is 4.21. The van der Waals surface area contributed by atoms with Gasteiger partial charge in [0.1, 0.15) is 0 Å². The van der Waals surface area contributed by atoms with Gasteiger partial charge in [0, 0.05) is 12.5 Å². The van der Waals surface area contributed by atoms with E-state index in [9.17, 15) is 18.0 Å². The number of nitrogens with one attached hydrogen (secondary N) is 1. The summed E-state index contributed by atoms with van der Waals surface area (Å²) >= 11 is 6.09. The first kappa shape index (κ1) is 20.2. The summed E-state index contributed by atoms with van der Waals surface area (Å²) in [5.41, 5.74) is 0.331. The Hall–Kier alpha value is -1.80. The average Bonchev–Trinajstić information content (AvgIpc) is 2.50. The molecule has 1 N–H and O–H groups in total. The lowest BCUT2D eigenvalue weighted by Gasteiger charge is -2.24. The molecule has 0 aliphatic rings. The van der Waals surface area contributed by atoms with Crippen molar-refractivity contribution in [2.24, 2.45) is 5.92 Å². The molecule has 24 heavy (non-hydrogen) atoms. The van der Waals surface area contributed by atoms with Gasteiger partial charge >= 0.3 is 5.97 Å². The van der Waals surface area contributed by atoms with Gasteiger partial charge in [-0.05, 0) is 18.2 Å². The fourth-order valence-electron chi connectivity index (χ4n) is 1.90. The Bertz CT molecular complexity index is 719. The predicted octanol–water partition coefficient (Wildman–Crippen LogP) is 1.66. The molecule has 1 rings (SSSR count). The number of amides is 1. The van der Waals surface area contributed by atoms with Gasteiger partial charge < -0.3 is 10.1 Å². The van der Waals surface area contributed by atoms with Crippen molar-refractivity contribution in [1.29, 1.82) is 0 Å². The minimum atomic E-state index is -3.66. The predicted molar refractivity (Wildman–Crippen MR) is 92.8 cm³/mol.